The van der Waals surface area contributed by atoms with Gasteiger partial charge in [-0.05, 0) is 12.8 Å². The number of nitrogens with two attached hydrogens (primary N) is 1. The first-order valence-electron chi connectivity index (χ1n) is 5.97. The fourth-order valence-electron chi connectivity index (χ4n) is 2.06. The first-order valence-corrected chi connectivity index (χ1v) is 6.85. The molecule has 0 spiro atoms. The highest BCUT2D eigenvalue weighted by Crippen LogP contribution is 2.16. The van der Waals surface area contributed by atoms with E-state index in [4.69, 9.17) is 5.73 Å². The number of guanidine groups is 1. The summed E-state index contributed by atoms with van der Waals surface area (Å²) in [5, 5.41) is 5.01. The molecule has 2 rings (SSSR count). The van der Waals surface area contributed by atoms with E-state index in [1.807, 2.05) is 0 Å². The molecule has 17 heavy (non-hydrogen) atoms. The second-order valence-corrected chi connectivity index (χ2v) is 5.20. The van der Waals surface area contributed by atoms with E-state index in [1.165, 1.54) is 32.1 Å². The van der Waals surface area contributed by atoms with E-state index in [0.717, 1.165) is 17.0 Å². The molecule has 94 valence electrons. The van der Waals surface area contributed by atoms with Gasteiger partial charge >= 0.3 is 4.87 Å². The molecule has 1 aliphatic carbocycles. The monoisotopic (exact) mass is 254 g/mol. The van der Waals surface area contributed by atoms with Crippen molar-refractivity contribution in [1.29, 1.82) is 0 Å². The number of hydrogen-bond acceptors (Lipinski definition) is 3. The average Bonchev–Trinajstić information content (AvgIpc) is 2.74. The highest BCUT2D eigenvalue weighted by Gasteiger charge is 2.13. The van der Waals surface area contributed by atoms with Crippen molar-refractivity contribution in [3.8, 4) is 0 Å². The van der Waals surface area contributed by atoms with Crippen LogP contribution in [0.3, 0.4) is 0 Å². The van der Waals surface area contributed by atoms with Crippen molar-refractivity contribution in [3.05, 3.63) is 20.7 Å². The van der Waals surface area contributed by atoms with E-state index in [0.29, 0.717) is 18.5 Å². The molecule has 0 unspecified atom stereocenters. The Bertz CT molecular complexity index is 431. The number of rotatable bonds is 3. The smallest absolute Gasteiger partial charge is 0.304 e. The SMILES string of the molecule is NC(=NCc1csc(=O)[nH]1)NC1CCCCC1. The Balaban J connectivity index is 1.82. The van der Waals surface area contributed by atoms with Gasteiger partial charge in [0.05, 0.1) is 12.2 Å². The number of thiazole rings is 1. The van der Waals surface area contributed by atoms with Gasteiger partial charge in [0.15, 0.2) is 5.96 Å². The maximum absolute atomic E-state index is 10.9. The van der Waals surface area contributed by atoms with E-state index in [1.54, 1.807) is 5.38 Å². The van der Waals surface area contributed by atoms with Crippen molar-refractivity contribution in [1.82, 2.24) is 10.3 Å². The maximum atomic E-state index is 10.9. The van der Waals surface area contributed by atoms with Gasteiger partial charge in [-0.25, -0.2) is 4.99 Å². The first kappa shape index (κ1) is 12.2. The fourth-order valence-corrected chi connectivity index (χ4v) is 2.64. The van der Waals surface area contributed by atoms with Gasteiger partial charge in [0.25, 0.3) is 0 Å². The lowest BCUT2D eigenvalue weighted by Gasteiger charge is -2.23. The largest absolute Gasteiger partial charge is 0.370 e. The van der Waals surface area contributed by atoms with Gasteiger partial charge in [-0.3, -0.25) is 4.79 Å². The normalized spacial score (nSPS) is 18.2. The number of hydrogen-bond donors (Lipinski definition) is 3. The Kier molecular flexibility index (Phi) is 4.19. The standard InChI is InChI=1S/C11H18N4OS/c12-10(14-8-4-2-1-3-5-8)13-6-9-7-17-11(16)15-9/h7-8H,1-6H2,(H,15,16)(H3,12,13,14). The topological polar surface area (TPSA) is 83.3 Å². The minimum atomic E-state index is -0.0472. The molecule has 1 aromatic rings. The molecular formula is C11H18N4OS. The summed E-state index contributed by atoms with van der Waals surface area (Å²) in [6.07, 6.45) is 6.20. The molecule has 4 N–H and O–H groups in total. The second-order valence-electron chi connectivity index (χ2n) is 4.35. The van der Waals surface area contributed by atoms with Crippen LogP contribution in [0.15, 0.2) is 15.2 Å². The number of aliphatic imine (C=N–C) groups is 1. The van der Waals surface area contributed by atoms with Crippen LogP contribution in [0, 0.1) is 0 Å². The summed E-state index contributed by atoms with van der Waals surface area (Å²) in [7, 11) is 0. The van der Waals surface area contributed by atoms with Gasteiger partial charge in [-0.15, -0.1) is 0 Å². The van der Waals surface area contributed by atoms with Crippen molar-refractivity contribution in [3.63, 3.8) is 0 Å². The van der Waals surface area contributed by atoms with Crippen LogP contribution < -0.4 is 15.9 Å². The van der Waals surface area contributed by atoms with Crippen LogP contribution in [0.25, 0.3) is 0 Å². The average molecular weight is 254 g/mol. The Hall–Kier alpha value is -1.30. The molecular weight excluding hydrogens is 236 g/mol. The zero-order valence-electron chi connectivity index (χ0n) is 9.74. The summed E-state index contributed by atoms with van der Waals surface area (Å²) < 4.78 is 0. The molecule has 0 bridgehead atoms. The first-order chi connectivity index (χ1) is 8.24. The molecule has 0 amide bonds. The third-order valence-corrected chi connectivity index (χ3v) is 3.67. The number of nitrogens with one attached hydrogen (secondary N) is 2. The quantitative estimate of drug-likeness (QED) is 0.559. The summed E-state index contributed by atoms with van der Waals surface area (Å²) >= 11 is 1.15. The van der Waals surface area contributed by atoms with E-state index in [9.17, 15) is 4.79 Å². The van der Waals surface area contributed by atoms with Crippen LogP contribution in [-0.4, -0.2) is 17.0 Å². The molecule has 1 heterocycles. The Labute approximate surface area is 104 Å². The van der Waals surface area contributed by atoms with Crippen LogP contribution in [0.4, 0.5) is 0 Å². The molecule has 6 heteroatoms. The van der Waals surface area contributed by atoms with Crippen LogP contribution in [-0.2, 0) is 6.54 Å². The molecule has 0 aromatic carbocycles. The van der Waals surface area contributed by atoms with Crippen LogP contribution >= 0.6 is 11.3 Å². The molecule has 5 nitrogen and oxygen atoms in total. The highest BCUT2D eigenvalue weighted by atomic mass is 32.1. The number of aromatic nitrogens is 1. The molecule has 1 aliphatic rings. The lowest BCUT2D eigenvalue weighted by Crippen LogP contribution is -2.41. The summed E-state index contributed by atoms with van der Waals surface area (Å²) in [4.78, 5) is 17.8. The van der Waals surface area contributed by atoms with Crippen LogP contribution in [0.1, 0.15) is 37.8 Å². The molecule has 0 radical (unpaired) electrons. The van der Waals surface area contributed by atoms with Gasteiger partial charge in [-0.2, -0.15) is 0 Å². The number of nitrogens with zero attached hydrogens (tertiary/aromatic N) is 1. The number of H-pyrrole nitrogens is 1. The second kappa shape index (κ2) is 5.86. The summed E-state index contributed by atoms with van der Waals surface area (Å²) in [6, 6.07) is 0.467. The minimum Gasteiger partial charge on any atom is -0.370 e. The minimum absolute atomic E-state index is 0.0472. The van der Waals surface area contributed by atoms with Crippen molar-refractivity contribution in [2.24, 2.45) is 10.7 Å². The zero-order valence-corrected chi connectivity index (χ0v) is 10.6. The lowest BCUT2D eigenvalue weighted by molar-refractivity contribution is 0.412. The molecule has 1 aromatic heterocycles. The van der Waals surface area contributed by atoms with Gasteiger partial charge in [-0.1, -0.05) is 30.6 Å². The Morgan fingerprint density at radius 1 is 1.53 bits per heavy atom. The molecule has 0 saturated heterocycles. The van der Waals surface area contributed by atoms with Crippen LogP contribution in [0.2, 0.25) is 0 Å². The van der Waals surface area contributed by atoms with Crippen LogP contribution in [0.5, 0.6) is 0 Å². The third kappa shape index (κ3) is 3.89. The highest BCUT2D eigenvalue weighted by molar-refractivity contribution is 7.07. The van der Waals surface area contributed by atoms with Crippen molar-refractivity contribution >= 4 is 17.3 Å². The van der Waals surface area contributed by atoms with E-state index < -0.39 is 0 Å². The zero-order chi connectivity index (χ0) is 12.1. The Morgan fingerprint density at radius 3 is 2.94 bits per heavy atom. The van der Waals surface area contributed by atoms with Gasteiger partial charge in [0.2, 0.25) is 0 Å². The van der Waals surface area contributed by atoms with Crippen molar-refractivity contribution in [2.45, 2.75) is 44.7 Å². The van der Waals surface area contributed by atoms with E-state index >= 15 is 0 Å². The molecule has 1 saturated carbocycles. The van der Waals surface area contributed by atoms with Gasteiger partial charge in [0.1, 0.15) is 0 Å². The Morgan fingerprint density at radius 2 is 2.29 bits per heavy atom. The third-order valence-electron chi connectivity index (χ3n) is 2.95. The van der Waals surface area contributed by atoms with Gasteiger partial charge < -0.3 is 16.0 Å². The predicted octanol–water partition coefficient (Wildman–Crippen LogP) is 1.17. The maximum Gasteiger partial charge on any atom is 0.304 e. The molecule has 1 fully saturated rings. The number of aromatic amines is 1. The fraction of sp³-hybridized carbons (Fsp3) is 0.636. The molecule has 0 aliphatic heterocycles. The summed E-state index contributed by atoms with van der Waals surface area (Å²) in [5.41, 5.74) is 6.62. The van der Waals surface area contributed by atoms with Crippen molar-refractivity contribution in [2.75, 3.05) is 0 Å². The summed E-state index contributed by atoms with van der Waals surface area (Å²) in [5.74, 6) is 0.476. The van der Waals surface area contributed by atoms with E-state index in [-0.39, 0.29) is 4.87 Å². The summed E-state index contributed by atoms with van der Waals surface area (Å²) in [6.45, 7) is 0.435. The van der Waals surface area contributed by atoms with Gasteiger partial charge in [0, 0.05) is 11.4 Å². The lowest BCUT2D eigenvalue weighted by atomic mass is 9.96. The van der Waals surface area contributed by atoms with E-state index in [2.05, 4.69) is 15.3 Å². The van der Waals surface area contributed by atoms with Crippen molar-refractivity contribution < 1.29 is 0 Å². The molecule has 0 atom stereocenters. The predicted molar refractivity (Wildman–Crippen MR) is 70.3 cm³/mol.